The molecule has 1 aliphatic carbocycles. The molecule has 1 fully saturated rings. The number of hydrogen-bond donors (Lipinski definition) is 3. The van der Waals surface area contributed by atoms with Crippen molar-refractivity contribution in [3.63, 3.8) is 0 Å². The molecule has 3 nitrogen and oxygen atoms in total. The van der Waals surface area contributed by atoms with Crippen LogP contribution in [-0.4, -0.2) is 29.0 Å². The molecule has 28 heavy (non-hydrogen) atoms. The molecule has 0 radical (unpaired) electrons. The number of hydrogen-bond acceptors (Lipinski definition) is 3. The Bertz CT molecular complexity index is 770. The molecule has 0 heterocycles. The van der Waals surface area contributed by atoms with Crippen molar-refractivity contribution in [3.05, 3.63) is 108 Å². The van der Waals surface area contributed by atoms with E-state index in [1.54, 1.807) is 0 Å². The first kappa shape index (κ1) is 18.9. The summed E-state index contributed by atoms with van der Waals surface area (Å²) in [6, 6.07) is 31.3. The smallest absolute Gasteiger partial charge is 0.0950 e. The van der Waals surface area contributed by atoms with E-state index >= 15 is 0 Å². The molecule has 3 heteroatoms. The maximum Gasteiger partial charge on any atom is 0.0950 e. The molecule has 0 bridgehead atoms. The number of nitrogens with one attached hydrogen (secondary N) is 1. The van der Waals surface area contributed by atoms with Crippen LogP contribution in [0.1, 0.15) is 29.5 Å². The lowest BCUT2D eigenvalue weighted by atomic mass is 9.76. The minimum atomic E-state index is -0.564. The van der Waals surface area contributed by atoms with Crippen LogP contribution in [0.5, 0.6) is 0 Å². The molecule has 3 aromatic carbocycles. The zero-order chi connectivity index (χ0) is 19.4. The molecule has 3 atom stereocenters. The number of aliphatic hydroxyl groups excluding tert-OH is 2. The van der Waals surface area contributed by atoms with Crippen molar-refractivity contribution in [2.24, 2.45) is 5.92 Å². The van der Waals surface area contributed by atoms with Crippen molar-refractivity contribution in [1.82, 2.24) is 5.32 Å². The Labute approximate surface area is 166 Å². The summed E-state index contributed by atoms with van der Waals surface area (Å²) in [4.78, 5) is 0. The summed E-state index contributed by atoms with van der Waals surface area (Å²) in [5, 5.41) is 24.2. The topological polar surface area (TPSA) is 52.5 Å². The third-order valence-electron chi connectivity index (χ3n) is 6.02. The fourth-order valence-corrected chi connectivity index (χ4v) is 4.57. The molecule has 4 rings (SSSR count). The van der Waals surface area contributed by atoms with Gasteiger partial charge in [-0.15, -0.1) is 0 Å². The van der Waals surface area contributed by atoms with E-state index in [0.29, 0.717) is 6.42 Å². The maximum atomic E-state index is 10.4. The van der Waals surface area contributed by atoms with E-state index in [9.17, 15) is 10.2 Å². The Hall–Kier alpha value is -2.46. The fraction of sp³-hybridized carbons (Fsp3) is 0.280. The molecule has 1 aliphatic rings. The molecule has 3 aromatic rings. The minimum Gasteiger partial charge on any atom is -0.396 e. The monoisotopic (exact) mass is 373 g/mol. The van der Waals surface area contributed by atoms with Crippen molar-refractivity contribution in [3.8, 4) is 0 Å². The first-order valence-electron chi connectivity index (χ1n) is 9.99. The first-order valence-corrected chi connectivity index (χ1v) is 9.99. The highest BCUT2D eigenvalue weighted by atomic mass is 16.3. The standard InChI is InChI=1S/C25H27NO2/c27-18-22-23(16-17-24(22)28)26-25(19-10-4-1-5-11-19,20-12-6-2-7-13-20)21-14-8-3-9-15-21/h1-15,22-24,26-28H,16-18H2. The average Bonchev–Trinajstić information content (AvgIpc) is 3.12. The molecule has 3 N–H and O–H groups in total. The van der Waals surface area contributed by atoms with Crippen molar-refractivity contribution < 1.29 is 10.2 Å². The molecule has 3 unspecified atom stereocenters. The summed E-state index contributed by atoms with van der Waals surface area (Å²) in [6.45, 7) is -0.0206. The minimum absolute atomic E-state index is 0.0145. The van der Waals surface area contributed by atoms with Crippen LogP contribution in [0.2, 0.25) is 0 Å². The van der Waals surface area contributed by atoms with Crippen LogP contribution in [-0.2, 0) is 5.54 Å². The summed E-state index contributed by atoms with van der Waals surface area (Å²) in [7, 11) is 0. The molecule has 144 valence electrons. The van der Waals surface area contributed by atoms with E-state index in [4.69, 9.17) is 0 Å². The zero-order valence-electron chi connectivity index (χ0n) is 15.9. The SMILES string of the molecule is OCC1C(O)CCC1NC(c1ccccc1)(c1ccccc1)c1ccccc1. The summed E-state index contributed by atoms with van der Waals surface area (Å²) in [6.07, 6.45) is 1.07. The Morgan fingerprint density at radius 2 is 1.14 bits per heavy atom. The summed E-state index contributed by atoms with van der Waals surface area (Å²) >= 11 is 0. The number of aliphatic hydroxyl groups is 2. The Morgan fingerprint density at radius 1 is 0.714 bits per heavy atom. The van der Waals surface area contributed by atoms with Gasteiger partial charge in [0.05, 0.1) is 11.6 Å². The van der Waals surface area contributed by atoms with E-state index in [1.807, 2.05) is 18.2 Å². The van der Waals surface area contributed by atoms with E-state index < -0.39 is 11.6 Å². The van der Waals surface area contributed by atoms with Gasteiger partial charge in [0.25, 0.3) is 0 Å². The normalized spacial score (nSPS) is 22.3. The average molecular weight is 373 g/mol. The third-order valence-corrected chi connectivity index (χ3v) is 6.02. The van der Waals surface area contributed by atoms with Gasteiger partial charge in [0.2, 0.25) is 0 Å². The van der Waals surface area contributed by atoms with Gasteiger partial charge < -0.3 is 10.2 Å². The van der Waals surface area contributed by atoms with Crippen molar-refractivity contribution >= 4 is 0 Å². The predicted molar refractivity (Wildman–Crippen MR) is 112 cm³/mol. The molecular formula is C25H27NO2. The van der Waals surface area contributed by atoms with Crippen molar-refractivity contribution in [1.29, 1.82) is 0 Å². The van der Waals surface area contributed by atoms with Crippen LogP contribution in [0.4, 0.5) is 0 Å². The highest BCUT2D eigenvalue weighted by molar-refractivity contribution is 5.49. The van der Waals surface area contributed by atoms with Gasteiger partial charge in [-0.25, -0.2) is 0 Å². The van der Waals surface area contributed by atoms with Gasteiger partial charge in [0.1, 0.15) is 0 Å². The lowest BCUT2D eigenvalue weighted by molar-refractivity contribution is 0.0761. The van der Waals surface area contributed by atoms with Gasteiger partial charge in [-0.1, -0.05) is 91.0 Å². The lowest BCUT2D eigenvalue weighted by Crippen LogP contribution is -2.52. The summed E-state index contributed by atoms with van der Waals surface area (Å²) in [5.74, 6) is -0.171. The van der Waals surface area contributed by atoms with Crippen LogP contribution in [0.25, 0.3) is 0 Å². The molecule has 1 saturated carbocycles. The van der Waals surface area contributed by atoms with E-state index in [2.05, 4.69) is 78.1 Å². The number of rotatable bonds is 6. The Morgan fingerprint density at radius 3 is 1.54 bits per heavy atom. The molecule has 0 aliphatic heterocycles. The molecule has 0 aromatic heterocycles. The summed E-state index contributed by atoms with van der Waals surface area (Å²) in [5.41, 5.74) is 2.87. The van der Waals surface area contributed by atoms with E-state index in [1.165, 1.54) is 0 Å². The third kappa shape index (κ3) is 3.37. The molecule has 0 spiro atoms. The van der Waals surface area contributed by atoms with E-state index in [0.717, 1.165) is 23.1 Å². The van der Waals surface area contributed by atoms with Gasteiger partial charge >= 0.3 is 0 Å². The highest BCUT2D eigenvalue weighted by Gasteiger charge is 2.43. The van der Waals surface area contributed by atoms with Crippen LogP contribution in [0.3, 0.4) is 0 Å². The molecule has 0 saturated heterocycles. The first-order chi connectivity index (χ1) is 13.8. The Kier molecular flexibility index (Phi) is 5.58. The number of benzene rings is 3. The second-order valence-electron chi connectivity index (χ2n) is 7.59. The van der Waals surface area contributed by atoms with Gasteiger partial charge in [0.15, 0.2) is 0 Å². The Balaban J connectivity index is 1.91. The molecular weight excluding hydrogens is 346 g/mol. The van der Waals surface area contributed by atoms with Crippen LogP contribution >= 0.6 is 0 Å². The second-order valence-corrected chi connectivity index (χ2v) is 7.59. The highest BCUT2D eigenvalue weighted by Crippen LogP contribution is 2.39. The summed E-state index contributed by atoms with van der Waals surface area (Å²) < 4.78 is 0. The van der Waals surface area contributed by atoms with Gasteiger partial charge in [-0.3, -0.25) is 5.32 Å². The largest absolute Gasteiger partial charge is 0.396 e. The van der Waals surface area contributed by atoms with Gasteiger partial charge in [-0.05, 0) is 29.5 Å². The van der Waals surface area contributed by atoms with Crippen molar-refractivity contribution in [2.45, 2.75) is 30.5 Å². The maximum absolute atomic E-state index is 10.4. The van der Waals surface area contributed by atoms with Crippen LogP contribution in [0.15, 0.2) is 91.0 Å². The van der Waals surface area contributed by atoms with Gasteiger partial charge in [-0.2, -0.15) is 0 Å². The van der Waals surface area contributed by atoms with Gasteiger partial charge in [0, 0.05) is 18.6 Å². The van der Waals surface area contributed by atoms with Crippen LogP contribution < -0.4 is 5.32 Å². The fourth-order valence-electron chi connectivity index (χ4n) is 4.57. The zero-order valence-corrected chi connectivity index (χ0v) is 15.9. The van der Waals surface area contributed by atoms with Crippen molar-refractivity contribution in [2.75, 3.05) is 6.61 Å². The van der Waals surface area contributed by atoms with Crippen LogP contribution in [0, 0.1) is 5.92 Å². The lowest BCUT2D eigenvalue weighted by Gasteiger charge is -2.41. The second kappa shape index (κ2) is 8.27. The predicted octanol–water partition coefficient (Wildman–Crippen LogP) is 3.70. The molecule has 0 amide bonds. The van der Waals surface area contributed by atoms with E-state index in [-0.39, 0.29) is 18.6 Å². The quantitative estimate of drug-likeness (QED) is 0.578.